The topological polar surface area (TPSA) is 29.1 Å². The molecule has 0 bridgehead atoms. The predicted octanol–water partition coefficient (Wildman–Crippen LogP) is 4.37. The molecule has 0 spiro atoms. The van der Waals surface area contributed by atoms with Crippen molar-refractivity contribution in [1.82, 2.24) is 0 Å². The van der Waals surface area contributed by atoms with Crippen LogP contribution in [0, 0.1) is 9.39 Å². The van der Waals surface area contributed by atoms with Crippen LogP contribution < -0.4 is 5.32 Å². The molecule has 0 aliphatic carbocycles. The lowest BCUT2D eigenvalue weighted by Gasteiger charge is -2.06. The average Bonchev–Trinajstić information content (AvgIpc) is 2.37. The third kappa shape index (κ3) is 4.28. The number of amides is 1. The Balaban J connectivity index is 2.05. The number of carbonyl (C=O) groups is 1. The highest BCUT2D eigenvalue weighted by Gasteiger charge is 2.09. The minimum Gasteiger partial charge on any atom is -0.326 e. The lowest BCUT2D eigenvalue weighted by atomic mass is 10.1. The maximum Gasteiger partial charge on any atom is 0.228 e. The second-order valence-corrected chi connectivity index (χ2v) is 6.13. The average molecular weight is 434 g/mol. The van der Waals surface area contributed by atoms with Crippen molar-refractivity contribution in [3.05, 3.63) is 61.9 Å². The molecule has 98 valence electrons. The Morgan fingerprint density at radius 3 is 2.58 bits per heavy atom. The number of anilines is 1. The van der Waals surface area contributed by atoms with Gasteiger partial charge in [-0.3, -0.25) is 4.79 Å². The van der Waals surface area contributed by atoms with E-state index in [9.17, 15) is 9.18 Å². The second kappa shape index (κ2) is 6.47. The van der Waals surface area contributed by atoms with Crippen LogP contribution in [0.3, 0.4) is 0 Å². The van der Waals surface area contributed by atoms with Gasteiger partial charge in [0.25, 0.3) is 0 Å². The first kappa shape index (κ1) is 14.5. The van der Waals surface area contributed by atoms with Crippen LogP contribution >= 0.6 is 38.5 Å². The second-order valence-electron chi connectivity index (χ2n) is 3.97. The van der Waals surface area contributed by atoms with Gasteiger partial charge in [0.05, 0.1) is 6.42 Å². The number of carbonyl (C=O) groups excluding carboxylic acids is 1. The molecule has 2 rings (SSSR count). The van der Waals surface area contributed by atoms with E-state index in [-0.39, 0.29) is 18.1 Å². The van der Waals surface area contributed by atoms with Crippen molar-refractivity contribution in [2.45, 2.75) is 6.42 Å². The van der Waals surface area contributed by atoms with E-state index in [0.717, 1.165) is 8.04 Å². The highest BCUT2D eigenvalue weighted by molar-refractivity contribution is 14.1. The van der Waals surface area contributed by atoms with Gasteiger partial charge in [-0.05, 0) is 70.6 Å². The van der Waals surface area contributed by atoms with E-state index in [1.165, 1.54) is 6.07 Å². The van der Waals surface area contributed by atoms with Crippen molar-refractivity contribution in [2.24, 2.45) is 0 Å². The summed E-state index contributed by atoms with van der Waals surface area (Å²) in [5.41, 5.74) is 1.08. The van der Waals surface area contributed by atoms with E-state index in [4.69, 9.17) is 0 Å². The molecule has 0 saturated heterocycles. The lowest BCUT2D eigenvalue weighted by Crippen LogP contribution is -2.15. The van der Waals surface area contributed by atoms with Gasteiger partial charge in [0, 0.05) is 13.7 Å². The molecule has 2 nitrogen and oxygen atoms in total. The summed E-state index contributed by atoms with van der Waals surface area (Å²) >= 11 is 5.45. The van der Waals surface area contributed by atoms with Gasteiger partial charge in [-0.25, -0.2) is 4.39 Å². The predicted molar refractivity (Wildman–Crippen MR) is 85.6 cm³/mol. The van der Waals surface area contributed by atoms with E-state index in [1.807, 2.05) is 24.3 Å². The first-order valence-corrected chi connectivity index (χ1v) is 7.41. The molecule has 0 atom stereocenters. The molecule has 0 aliphatic heterocycles. The SMILES string of the molecule is O=C(Cc1cc(Br)ccc1F)Nc1ccc(I)cc1. The standard InChI is InChI=1S/C14H10BrFINO/c15-10-1-6-13(16)9(7-10)8-14(19)18-12-4-2-11(17)3-5-12/h1-7H,8H2,(H,18,19). The van der Waals surface area contributed by atoms with Crippen LogP contribution in [0.2, 0.25) is 0 Å². The molecule has 2 aromatic carbocycles. The Morgan fingerprint density at radius 2 is 1.89 bits per heavy atom. The molecule has 2 aromatic rings. The van der Waals surface area contributed by atoms with Gasteiger partial charge in [0.15, 0.2) is 0 Å². The van der Waals surface area contributed by atoms with Crippen molar-refractivity contribution >= 4 is 50.1 Å². The summed E-state index contributed by atoms with van der Waals surface area (Å²) in [6.07, 6.45) is 0.0112. The zero-order valence-corrected chi connectivity index (χ0v) is 13.5. The van der Waals surface area contributed by atoms with Crippen LogP contribution in [0.4, 0.5) is 10.1 Å². The van der Waals surface area contributed by atoms with Gasteiger partial charge in [-0.1, -0.05) is 15.9 Å². The molecule has 0 aliphatic rings. The third-order valence-corrected chi connectivity index (χ3v) is 3.70. The van der Waals surface area contributed by atoms with Crippen molar-refractivity contribution < 1.29 is 9.18 Å². The van der Waals surface area contributed by atoms with Crippen LogP contribution in [-0.2, 0) is 11.2 Å². The fourth-order valence-corrected chi connectivity index (χ4v) is 2.36. The molecule has 1 amide bonds. The lowest BCUT2D eigenvalue weighted by molar-refractivity contribution is -0.115. The molecular weight excluding hydrogens is 424 g/mol. The summed E-state index contributed by atoms with van der Waals surface area (Å²) < 4.78 is 15.4. The smallest absolute Gasteiger partial charge is 0.228 e. The van der Waals surface area contributed by atoms with Crippen molar-refractivity contribution in [2.75, 3.05) is 5.32 Å². The summed E-state index contributed by atoms with van der Waals surface area (Å²) in [7, 11) is 0. The Kier molecular flexibility index (Phi) is 4.93. The van der Waals surface area contributed by atoms with E-state index in [2.05, 4.69) is 43.8 Å². The summed E-state index contributed by atoms with van der Waals surface area (Å²) in [6, 6.07) is 12.0. The van der Waals surface area contributed by atoms with Crippen LogP contribution in [0.1, 0.15) is 5.56 Å². The molecule has 0 radical (unpaired) electrons. The highest BCUT2D eigenvalue weighted by atomic mass is 127. The molecule has 1 N–H and O–H groups in total. The van der Waals surface area contributed by atoms with Crippen LogP contribution in [0.5, 0.6) is 0 Å². The zero-order chi connectivity index (χ0) is 13.8. The third-order valence-electron chi connectivity index (χ3n) is 2.49. The monoisotopic (exact) mass is 433 g/mol. The fraction of sp³-hybridized carbons (Fsp3) is 0.0714. The number of hydrogen-bond acceptors (Lipinski definition) is 1. The Labute approximate surface area is 132 Å². The van der Waals surface area contributed by atoms with Crippen LogP contribution in [0.15, 0.2) is 46.9 Å². The van der Waals surface area contributed by atoms with Gasteiger partial charge in [-0.15, -0.1) is 0 Å². The Hall–Kier alpha value is -0.950. The van der Waals surface area contributed by atoms with Gasteiger partial charge >= 0.3 is 0 Å². The molecule has 0 saturated carbocycles. The first-order valence-electron chi connectivity index (χ1n) is 5.54. The number of benzene rings is 2. The van der Waals surface area contributed by atoms with Gasteiger partial charge in [-0.2, -0.15) is 0 Å². The van der Waals surface area contributed by atoms with Crippen molar-refractivity contribution in [3.63, 3.8) is 0 Å². The highest BCUT2D eigenvalue weighted by Crippen LogP contribution is 2.17. The molecule has 19 heavy (non-hydrogen) atoms. The molecule has 0 fully saturated rings. The summed E-state index contributed by atoms with van der Waals surface area (Å²) in [5.74, 6) is -0.612. The number of rotatable bonds is 3. The summed E-state index contributed by atoms with van der Waals surface area (Å²) in [6.45, 7) is 0. The van der Waals surface area contributed by atoms with E-state index in [1.54, 1.807) is 12.1 Å². The van der Waals surface area contributed by atoms with Gasteiger partial charge < -0.3 is 5.32 Å². The largest absolute Gasteiger partial charge is 0.326 e. The minimum absolute atomic E-state index is 0.0112. The quantitative estimate of drug-likeness (QED) is 0.715. The molecule has 0 aromatic heterocycles. The van der Waals surface area contributed by atoms with Crippen LogP contribution in [0.25, 0.3) is 0 Å². The minimum atomic E-state index is -0.374. The van der Waals surface area contributed by atoms with Crippen molar-refractivity contribution in [3.8, 4) is 0 Å². The number of halogens is 3. The number of hydrogen-bond donors (Lipinski definition) is 1. The summed E-state index contributed by atoms with van der Waals surface area (Å²) in [4.78, 5) is 11.8. The molecule has 0 unspecified atom stereocenters. The van der Waals surface area contributed by atoms with E-state index in [0.29, 0.717) is 11.3 Å². The maximum atomic E-state index is 13.5. The maximum absolute atomic E-state index is 13.5. The normalized spacial score (nSPS) is 10.3. The van der Waals surface area contributed by atoms with E-state index < -0.39 is 0 Å². The first-order chi connectivity index (χ1) is 9.04. The Morgan fingerprint density at radius 1 is 1.21 bits per heavy atom. The zero-order valence-electron chi connectivity index (χ0n) is 9.79. The van der Waals surface area contributed by atoms with Crippen molar-refractivity contribution in [1.29, 1.82) is 0 Å². The van der Waals surface area contributed by atoms with Gasteiger partial charge in [0.1, 0.15) is 5.82 Å². The molecular formula is C14H10BrFINO. The molecule has 5 heteroatoms. The molecule has 0 heterocycles. The Bertz CT molecular complexity index is 601. The summed E-state index contributed by atoms with van der Waals surface area (Å²) in [5, 5.41) is 2.74. The van der Waals surface area contributed by atoms with Gasteiger partial charge in [0.2, 0.25) is 5.91 Å². The fourth-order valence-electron chi connectivity index (χ4n) is 1.59. The number of nitrogens with one attached hydrogen (secondary N) is 1. The van der Waals surface area contributed by atoms with E-state index >= 15 is 0 Å². The van der Waals surface area contributed by atoms with Crippen LogP contribution in [-0.4, -0.2) is 5.91 Å².